The number of ether oxygens (including phenoxy) is 1. The van der Waals surface area contributed by atoms with Gasteiger partial charge in [0.25, 0.3) is 0 Å². The van der Waals surface area contributed by atoms with E-state index in [0.717, 1.165) is 19.5 Å². The van der Waals surface area contributed by atoms with Crippen LogP contribution in [0.1, 0.15) is 13.3 Å². The molecule has 0 radical (unpaired) electrons. The van der Waals surface area contributed by atoms with Gasteiger partial charge >= 0.3 is 0 Å². The Morgan fingerprint density at radius 3 is 2.79 bits per heavy atom. The third-order valence-electron chi connectivity index (χ3n) is 3.09. The van der Waals surface area contributed by atoms with Crippen molar-refractivity contribution in [3.63, 3.8) is 0 Å². The fourth-order valence-corrected chi connectivity index (χ4v) is 2.08. The number of hydrogen-bond acceptors (Lipinski definition) is 6. The summed E-state index contributed by atoms with van der Waals surface area (Å²) in [5, 5.41) is 6.23. The van der Waals surface area contributed by atoms with Crippen molar-refractivity contribution < 1.29 is 9.53 Å². The van der Waals surface area contributed by atoms with Crippen LogP contribution in [0.5, 0.6) is 5.75 Å². The van der Waals surface area contributed by atoms with Crippen molar-refractivity contribution in [1.29, 1.82) is 0 Å². The number of amides is 1. The SMILES string of the molecule is CCNc1ncnc(NC2CCN(C)C2=O)c1OC. The van der Waals surface area contributed by atoms with Crippen LogP contribution in [0.25, 0.3) is 0 Å². The van der Waals surface area contributed by atoms with Gasteiger partial charge in [-0.15, -0.1) is 0 Å². The summed E-state index contributed by atoms with van der Waals surface area (Å²) < 4.78 is 5.33. The molecule has 0 saturated carbocycles. The molecule has 1 unspecified atom stereocenters. The highest BCUT2D eigenvalue weighted by Gasteiger charge is 2.30. The molecule has 1 fully saturated rings. The van der Waals surface area contributed by atoms with Crippen LogP contribution in [0.2, 0.25) is 0 Å². The maximum absolute atomic E-state index is 11.9. The fourth-order valence-electron chi connectivity index (χ4n) is 2.08. The van der Waals surface area contributed by atoms with Crippen molar-refractivity contribution >= 4 is 17.5 Å². The quantitative estimate of drug-likeness (QED) is 0.810. The van der Waals surface area contributed by atoms with Gasteiger partial charge in [-0.3, -0.25) is 4.79 Å². The zero-order chi connectivity index (χ0) is 13.8. The van der Waals surface area contributed by atoms with Gasteiger partial charge in [0.15, 0.2) is 11.6 Å². The van der Waals surface area contributed by atoms with Crippen LogP contribution in [-0.4, -0.2) is 54.1 Å². The number of carbonyl (C=O) groups excluding carboxylic acids is 1. The summed E-state index contributed by atoms with van der Waals surface area (Å²) in [5.41, 5.74) is 0. The maximum atomic E-state index is 11.9. The summed E-state index contributed by atoms with van der Waals surface area (Å²) in [6, 6.07) is -0.247. The second kappa shape index (κ2) is 5.73. The summed E-state index contributed by atoms with van der Waals surface area (Å²) in [6.45, 7) is 3.46. The number of methoxy groups -OCH3 is 1. The second-order valence-electron chi connectivity index (χ2n) is 4.38. The third-order valence-corrected chi connectivity index (χ3v) is 3.09. The van der Waals surface area contributed by atoms with Crippen LogP contribution < -0.4 is 15.4 Å². The van der Waals surface area contributed by atoms with Crippen molar-refractivity contribution in [2.75, 3.05) is 37.9 Å². The fraction of sp³-hybridized carbons (Fsp3) is 0.583. The third kappa shape index (κ3) is 2.69. The van der Waals surface area contributed by atoms with Gasteiger partial charge in [-0.2, -0.15) is 0 Å². The molecule has 7 heteroatoms. The van der Waals surface area contributed by atoms with E-state index in [-0.39, 0.29) is 11.9 Å². The normalized spacial score (nSPS) is 18.6. The average Bonchev–Trinajstić information content (AvgIpc) is 2.72. The van der Waals surface area contributed by atoms with E-state index in [1.807, 2.05) is 6.92 Å². The highest BCUT2D eigenvalue weighted by atomic mass is 16.5. The van der Waals surface area contributed by atoms with Crippen molar-refractivity contribution in [3.05, 3.63) is 6.33 Å². The lowest BCUT2D eigenvalue weighted by Gasteiger charge is -2.16. The number of likely N-dealkylation sites (N-methyl/N-ethyl adjacent to an activating group) is 1. The van der Waals surface area contributed by atoms with E-state index in [0.29, 0.717) is 17.4 Å². The molecule has 2 rings (SSSR count). The Labute approximate surface area is 112 Å². The van der Waals surface area contributed by atoms with Crippen LogP contribution in [0, 0.1) is 0 Å². The molecule has 1 aromatic rings. The molecular formula is C12H19N5O2. The maximum Gasteiger partial charge on any atom is 0.244 e. The van der Waals surface area contributed by atoms with E-state index in [2.05, 4.69) is 20.6 Å². The van der Waals surface area contributed by atoms with Crippen LogP contribution in [0.4, 0.5) is 11.6 Å². The molecule has 1 saturated heterocycles. The van der Waals surface area contributed by atoms with Gasteiger partial charge < -0.3 is 20.3 Å². The van der Waals surface area contributed by atoms with Gasteiger partial charge in [-0.25, -0.2) is 9.97 Å². The van der Waals surface area contributed by atoms with Crippen molar-refractivity contribution in [2.24, 2.45) is 0 Å². The minimum atomic E-state index is -0.247. The monoisotopic (exact) mass is 265 g/mol. The smallest absolute Gasteiger partial charge is 0.244 e. The average molecular weight is 265 g/mol. The topological polar surface area (TPSA) is 79.4 Å². The summed E-state index contributed by atoms with van der Waals surface area (Å²) in [6.07, 6.45) is 2.21. The first-order valence-electron chi connectivity index (χ1n) is 6.31. The molecule has 1 atom stereocenters. The Bertz CT molecular complexity index is 465. The Kier molecular flexibility index (Phi) is 4.03. The van der Waals surface area contributed by atoms with Crippen LogP contribution >= 0.6 is 0 Å². The van der Waals surface area contributed by atoms with Crippen LogP contribution in [0.3, 0.4) is 0 Å². The zero-order valence-corrected chi connectivity index (χ0v) is 11.4. The van der Waals surface area contributed by atoms with E-state index in [9.17, 15) is 4.79 Å². The molecule has 0 spiro atoms. The predicted molar refractivity (Wildman–Crippen MR) is 72.4 cm³/mol. The molecular weight excluding hydrogens is 246 g/mol. The molecule has 0 aromatic carbocycles. The van der Waals surface area contributed by atoms with Gasteiger partial charge in [0.2, 0.25) is 11.7 Å². The molecule has 1 aliphatic rings. The number of hydrogen-bond donors (Lipinski definition) is 2. The molecule has 7 nitrogen and oxygen atoms in total. The molecule has 0 bridgehead atoms. The number of nitrogens with zero attached hydrogens (tertiary/aromatic N) is 3. The van der Waals surface area contributed by atoms with E-state index >= 15 is 0 Å². The van der Waals surface area contributed by atoms with E-state index < -0.39 is 0 Å². The van der Waals surface area contributed by atoms with E-state index in [1.165, 1.54) is 6.33 Å². The standard InChI is InChI=1S/C12H19N5O2/c1-4-13-10-9(19-3)11(15-7-14-10)16-8-5-6-17(2)12(8)18/h7-8H,4-6H2,1-3H3,(H2,13,14,15,16). The van der Waals surface area contributed by atoms with E-state index in [1.54, 1.807) is 19.1 Å². The van der Waals surface area contributed by atoms with Crippen LogP contribution in [0.15, 0.2) is 6.33 Å². The number of carbonyl (C=O) groups is 1. The number of aromatic nitrogens is 2. The molecule has 19 heavy (non-hydrogen) atoms. The highest BCUT2D eigenvalue weighted by molar-refractivity contribution is 5.86. The zero-order valence-electron chi connectivity index (χ0n) is 11.4. The van der Waals surface area contributed by atoms with Gasteiger partial charge in [0, 0.05) is 20.1 Å². The molecule has 104 valence electrons. The summed E-state index contributed by atoms with van der Waals surface area (Å²) >= 11 is 0. The molecule has 1 amide bonds. The van der Waals surface area contributed by atoms with Gasteiger partial charge in [0.1, 0.15) is 12.4 Å². The van der Waals surface area contributed by atoms with Crippen molar-refractivity contribution in [1.82, 2.24) is 14.9 Å². The number of likely N-dealkylation sites (tertiary alicyclic amines) is 1. The Morgan fingerprint density at radius 1 is 1.47 bits per heavy atom. The first-order valence-corrected chi connectivity index (χ1v) is 6.31. The second-order valence-corrected chi connectivity index (χ2v) is 4.38. The Balaban J connectivity index is 2.20. The van der Waals surface area contributed by atoms with Gasteiger partial charge in [-0.05, 0) is 13.3 Å². The molecule has 0 aliphatic carbocycles. The lowest BCUT2D eigenvalue weighted by molar-refractivity contribution is -0.127. The molecule has 2 heterocycles. The lowest BCUT2D eigenvalue weighted by atomic mass is 10.2. The van der Waals surface area contributed by atoms with Crippen molar-refractivity contribution in [2.45, 2.75) is 19.4 Å². The first kappa shape index (κ1) is 13.4. The number of anilines is 2. The summed E-state index contributed by atoms with van der Waals surface area (Å²) in [4.78, 5) is 21.9. The first-order chi connectivity index (χ1) is 9.17. The largest absolute Gasteiger partial charge is 0.490 e. The minimum Gasteiger partial charge on any atom is -0.490 e. The van der Waals surface area contributed by atoms with Crippen molar-refractivity contribution in [3.8, 4) is 5.75 Å². The predicted octanol–water partition coefficient (Wildman–Crippen LogP) is 0.560. The van der Waals surface area contributed by atoms with Gasteiger partial charge in [-0.1, -0.05) is 0 Å². The molecule has 2 N–H and O–H groups in total. The lowest BCUT2D eigenvalue weighted by Crippen LogP contribution is -2.31. The van der Waals surface area contributed by atoms with Gasteiger partial charge in [0.05, 0.1) is 7.11 Å². The molecule has 1 aliphatic heterocycles. The van der Waals surface area contributed by atoms with Crippen LogP contribution in [-0.2, 0) is 4.79 Å². The number of rotatable bonds is 5. The summed E-state index contributed by atoms with van der Waals surface area (Å²) in [7, 11) is 3.36. The molecule has 1 aromatic heterocycles. The Hall–Kier alpha value is -2.05. The minimum absolute atomic E-state index is 0.0747. The van der Waals surface area contributed by atoms with E-state index in [4.69, 9.17) is 4.74 Å². The number of nitrogens with one attached hydrogen (secondary N) is 2. The highest BCUT2D eigenvalue weighted by Crippen LogP contribution is 2.30. The Morgan fingerprint density at radius 2 is 2.21 bits per heavy atom. The summed E-state index contributed by atoms with van der Waals surface area (Å²) in [5.74, 6) is 1.78.